The van der Waals surface area contributed by atoms with E-state index in [0.29, 0.717) is 26.9 Å². The molecule has 0 fully saturated rings. The minimum atomic E-state index is -0.493. The zero-order valence-electron chi connectivity index (χ0n) is 13.0. The smallest absolute Gasteiger partial charge is 0.289 e. The maximum absolute atomic E-state index is 12.2. The van der Waals surface area contributed by atoms with E-state index in [0.717, 1.165) is 4.47 Å². The third kappa shape index (κ3) is 4.24. The van der Waals surface area contributed by atoms with Crippen LogP contribution in [0.5, 0.6) is 5.75 Å². The van der Waals surface area contributed by atoms with E-state index in [4.69, 9.17) is 23.2 Å². The van der Waals surface area contributed by atoms with E-state index in [2.05, 4.69) is 36.7 Å². The molecule has 0 unspecified atom stereocenters. The fraction of sp³-hybridized carbons (Fsp3) is 0. The van der Waals surface area contributed by atoms with Gasteiger partial charge in [-0.15, -0.1) is 0 Å². The Morgan fingerprint density at radius 3 is 2.85 bits per heavy atom. The Labute approximate surface area is 167 Å². The van der Waals surface area contributed by atoms with Gasteiger partial charge < -0.3 is 5.11 Å². The molecule has 3 rings (SSSR count). The van der Waals surface area contributed by atoms with Gasteiger partial charge >= 0.3 is 0 Å². The highest BCUT2D eigenvalue weighted by atomic mass is 79.9. The summed E-state index contributed by atoms with van der Waals surface area (Å²) in [6.07, 6.45) is 1.34. The Balaban J connectivity index is 1.73. The highest BCUT2D eigenvalue weighted by molar-refractivity contribution is 9.10. The molecule has 1 heterocycles. The molecule has 0 saturated heterocycles. The van der Waals surface area contributed by atoms with Gasteiger partial charge in [0.05, 0.1) is 16.9 Å². The summed E-state index contributed by atoms with van der Waals surface area (Å²) in [4.78, 5) is 12.2. The third-order valence-corrected chi connectivity index (χ3v) is 4.44. The summed E-state index contributed by atoms with van der Waals surface area (Å²) in [7, 11) is 0. The number of carbonyl (C=O) groups is 1. The number of aromatic hydroxyl groups is 1. The number of amides is 1. The topological polar surface area (TPSA) is 90.4 Å². The SMILES string of the molecule is O=C(N/N=C/c1cc(Br)ccc1O)c1cc(-c2cc(Cl)ccc2Cl)n[nH]1. The number of hydrazone groups is 1. The minimum Gasteiger partial charge on any atom is -0.507 e. The summed E-state index contributed by atoms with van der Waals surface area (Å²) >= 11 is 15.4. The van der Waals surface area contributed by atoms with Crippen molar-refractivity contribution in [2.24, 2.45) is 5.10 Å². The van der Waals surface area contributed by atoms with Crippen LogP contribution < -0.4 is 5.43 Å². The van der Waals surface area contributed by atoms with Crippen LogP contribution >= 0.6 is 39.1 Å². The molecule has 3 N–H and O–H groups in total. The largest absolute Gasteiger partial charge is 0.507 e. The second kappa shape index (κ2) is 7.90. The molecule has 26 heavy (non-hydrogen) atoms. The van der Waals surface area contributed by atoms with Crippen molar-refractivity contribution in [2.45, 2.75) is 0 Å². The van der Waals surface area contributed by atoms with Gasteiger partial charge in [-0.1, -0.05) is 39.1 Å². The summed E-state index contributed by atoms with van der Waals surface area (Å²) in [6, 6.07) is 11.4. The molecule has 9 heteroatoms. The van der Waals surface area contributed by atoms with Gasteiger partial charge in [0.15, 0.2) is 0 Å². The molecule has 0 aliphatic rings. The Morgan fingerprint density at radius 1 is 1.23 bits per heavy atom. The van der Waals surface area contributed by atoms with Crippen LogP contribution in [0, 0.1) is 0 Å². The summed E-state index contributed by atoms with van der Waals surface area (Å²) in [5, 5.41) is 21.2. The highest BCUT2D eigenvalue weighted by Gasteiger charge is 2.13. The van der Waals surface area contributed by atoms with E-state index in [9.17, 15) is 9.90 Å². The van der Waals surface area contributed by atoms with Crippen molar-refractivity contribution in [1.29, 1.82) is 0 Å². The standard InChI is InChI=1S/C17H11BrCl2N4O2/c18-10-1-4-16(25)9(5-10)8-21-24-17(26)15-7-14(22-23-15)12-6-11(19)2-3-13(12)20/h1-8,25H,(H,22,23)(H,24,26)/b21-8+. The number of H-pyrrole nitrogens is 1. The van der Waals surface area contributed by atoms with Gasteiger partial charge in [0.25, 0.3) is 5.91 Å². The first kappa shape index (κ1) is 18.4. The van der Waals surface area contributed by atoms with Crippen LogP contribution in [-0.4, -0.2) is 27.4 Å². The van der Waals surface area contributed by atoms with Crippen molar-refractivity contribution < 1.29 is 9.90 Å². The van der Waals surface area contributed by atoms with E-state index >= 15 is 0 Å². The molecule has 0 atom stereocenters. The van der Waals surface area contributed by atoms with E-state index in [-0.39, 0.29) is 11.4 Å². The monoisotopic (exact) mass is 452 g/mol. The number of aromatic amines is 1. The summed E-state index contributed by atoms with van der Waals surface area (Å²) in [6.45, 7) is 0. The number of nitrogens with zero attached hydrogens (tertiary/aromatic N) is 2. The maximum atomic E-state index is 12.2. The van der Waals surface area contributed by atoms with Crippen LogP contribution in [0.1, 0.15) is 16.1 Å². The highest BCUT2D eigenvalue weighted by Crippen LogP contribution is 2.29. The molecule has 1 amide bonds. The molecule has 0 bridgehead atoms. The Bertz CT molecular complexity index is 1000. The summed E-state index contributed by atoms with van der Waals surface area (Å²) in [5.74, 6) is -0.446. The van der Waals surface area contributed by atoms with Crippen LogP contribution in [0.3, 0.4) is 0 Å². The van der Waals surface area contributed by atoms with Crippen molar-refractivity contribution in [3.8, 4) is 17.0 Å². The van der Waals surface area contributed by atoms with Gasteiger partial charge in [0.1, 0.15) is 11.4 Å². The lowest BCUT2D eigenvalue weighted by Gasteiger charge is -2.00. The number of phenols is 1. The number of benzene rings is 2. The van der Waals surface area contributed by atoms with Crippen LogP contribution in [-0.2, 0) is 0 Å². The lowest BCUT2D eigenvalue weighted by Crippen LogP contribution is -2.18. The molecule has 0 radical (unpaired) electrons. The zero-order valence-corrected chi connectivity index (χ0v) is 16.1. The number of halogens is 3. The number of hydrogen-bond donors (Lipinski definition) is 3. The lowest BCUT2D eigenvalue weighted by molar-refractivity contribution is 0.0950. The quantitative estimate of drug-likeness (QED) is 0.397. The number of rotatable bonds is 4. The lowest BCUT2D eigenvalue weighted by atomic mass is 10.1. The molecule has 6 nitrogen and oxygen atoms in total. The summed E-state index contributed by atoms with van der Waals surface area (Å²) in [5.41, 5.74) is 4.10. The van der Waals surface area contributed by atoms with Crippen molar-refractivity contribution in [2.75, 3.05) is 0 Å². The van der Waals surface area contributed by atoms with Gasteiger partial charge in [-0.05, 0) is 42.5 Å². The molecule has 132 valence electrons. The normalized spacial score (nSPS) is 11.0. The maximum Gasteiger partial charge on any atom is 0.289 e. The zero-order chi connectivity index (χ0) is 18.7. The fourth-order valence-corrected chi connectivity index (χ4v) is 2.88. The van der Waals surface area contributed by atoms with Gasteiger partial charge in [-0.2, -0.15) is 10.2 Å². The number of aromatic nitrogens is 2. The Kier molecular flexibility index (Phi) is 5.61. The van der Waals surface area contributed by atoms with E-state index in [1.165, 1.54) is 12.3 Å². The molecular formula is C17H11BrCl2N4O2. The molecule has 0 aliphatic carbocycles. The fourth-order valence-electron chi connectivity index (χ4n) is 2.12. The molecule has 2 aromatic carbocycles. The predicted octanol–water partition coefficient (Wildman–Crippen LogP) is 4.62. The molecule has 0 aliphatic heterocycles. The van der Waals surface area contributed by atoms with Crippen molar-refractivity contribution in [1.82, 2.24) is 15.6 Å². The van der Waals surface area contributed by atoms with Gasteiger partial charge in [-0.3, -0.25) is 9.89 Å². The number of carbonyl (C=O) groups excluding carboxylic acids is 1. The molecule has 0 saturated carbocycles. The Morgan fingerprint density at radius 2 is 2.04 bits per heavy atom. The average molecular weight is 454 g/mol. The summed E-state index contributed by atoms with van der Waals surface area (Å²) < 4.78 is 0.777. The minimum absolute atomic E-state index is 0.0469. The molecule has 3 aromatic rings. The first-order valence-corrected chi connectivity index (χ1v) is 8.81. The average Bonchev–Trinajstić information content (AvgIpc) is 3.10. The van der Waals surface area contributed by atoms with Crippen LogP contribution in [0.4, 0.5) is 0 Å². The first-order chi connectivity index (χ1) is 12.4. The number of hydrogen-bond acceptors (Lipinski definition) is 4. The Hall–Kier alpha value is -2.35. The predicted molar refractivity (Wildman–Crippen MR) is 105 cm³/mol. The third-order valence-electron chi connectivity index (χ3n) is 3.39. The van der Waals surface area contributed by atoms with Crippen LogP contribution in [0.2, 0.25) is 10.0 Å². The van der Waals surface area contributed by atoms with Gasteiger partial charge in [0.2, 0.25) is 0 Å². The van der Waals surface area contributed by atoms with Gasteiger partial charge in [0, 0.05) is 20.6 Å². The van der Waals surface area contributed by atoms with E-state index in [1.54, 1.807) is 36.4 Å². The van der Waals surface area contributed by atoms with Crippen molar-refractivity contribution in [3.63, 3.8) is 0 Å². The van der Waals surface area contributed by atoms with Crippen LogP contribution in [0.25, 0.3) is 11.3 Å². The van der Waals surface area contributed by atoms with Gasteiger partial charge in [-0.25, -0.2) is 5.43 Å². The second-order valence-corrected chi connectivity index (χ2v) is 6.95. The van der Waals surface area contributed by atoms with Crippen molar-refractivity contribution in [3.05, 3.63) is 68.2 Å². The number of nitrogens with one attached hydrogen (secondary N) is 2. The first-order valence-electron chi connectivity index (χ1n) is 7.27. The van der Waals surface area contributed by atoms with Crippen molar-refractivity contribution >= 4 is 51.3 Å². The van der Waals surface area contributed by atoms with E-state index in [1.807, 2.05) is 0 Å². The van der Waals surface area contributed by atoms with E-state index < -0.39 is 5.91 Å². The molecule has 0 spiro atoms. The number of phenolic OH excluding ortho intramolecular Hbond substituents is 1. The molecule has 1 aromatic heterocycles. The second-order valence-electron chi connectivity index (χ2n) is 5.19. The van der Waals surface area contributed by atoms with Crippen LogP contribution in [0.15, 0.2) is 52.0 Å². The molecular weight excluding hydrogens is 443 g/mol.